The fourth-order valence-electron chi connectivity index (χ4n) is 1.72. The van der Waals surface area contributed by atoms with E-state index in [0.717, 1.165) is 12.2 Å². The second-order valence-electron chi connectivity index (χ2n) is 4.88. The van der Waals surface area contributed by atoms with Crippen LogP contribution < -0.4 is 10.6 Å². The summed E-state index contributed by atoms with van der Waals surface area (Å²) in [5, 5.41) is 5.91. The molecule has 0 aliphatic rings. The lowest BCUT2D eigenvalue weighted by atomic mass is 10.1. The third kappa shape index (κ3) is 4.85. The normalized spacial score (nSPS) is 12.5. The Labute approximate surface area is 109 Å². The minimum Gasteiger partial charge on any atom is -0.326 e. The summed E-state index contributed by atoms with van der Waals surface area (Å²) in [6, 6.07) is 7.97. The van der Waals surface area contributed by atoms with E-state index < -0.39 is 0 Å². The van der Waals surface area contributed by atoms with Gasteiger partial charge in [0.2, 0.25) is 5.91 Å². The van der Waals surface area contributed by atoms with Crippen LogP contribution in [0.15, 0.2) is 24.3 Å². The number of carbonyl (C=O) groups excluding carboxylic acids is 1. The molecular weight excluding hydrogens is 226 g/mol. The highest BCUT2D eigenvalue weighted by Crippen LogP contribution is 2.11. The van der Waals surface area contributed by atoms with Crippen molar-refractivity contribution in [3.8, 4) is 0 Å². The van der Waals surface area contributed by atoms with Crippen molar-refractivity contribution >= 4 is 11.6 Å². The Morgan fingerprint density at radius 3 is 2.39 bits per heavy atom. The predicted octanol–water partition coefficient (Wildman–Crippen LogP) is 1.54. The summed E-state index contributed by atoms with van der Waals surface area (Å²) in [5.74, 6) is 0.0150. The van der Waals surface area contributed by atoms with E-state index in [1.54, 1.807) is 0 Å². The van der Waals surface area contributed by atoms with Gasteiger partial charge in [0.25, 0.3) is 0 Å². The lowest BCUT2D eigenvalue weighted by molar-refractivity contribution is -0.119. The van der Waals surface area contributed by atoms with E-state index in [-0.39, 0.29) is 11.8 Å². The molecule has 0 saturated heterocycles. The zero-order valence-corrected chi connectivity index (χ0v) is 11.7. The first-order valence-electron chi connectivity index (χ1n) is 6.22. The van der Waals surface area contributed by atoms with Gasteiger partial charge >= 0.3 is 0 Å². The molecule has 0 bridgehead atoms. The maximum Gasteiger partial charge on any atom is 0.228 e. The first kappa shape index (κ1) is 14.7. The number of rotatable bonds is 6. The highest BCUT2D eigenvalue weighted by atomic mass is 16.1. The van der Waals surface area contributed by atoms with Crippen LogP contribution in [0.25, 0.3) is 0 Å². The summed E-state index contributed by atoms with van der Waals surface area (Å²) in [4.78, 5) is 13.9. The second kappa shape index (κ2) is 7.13. The van der Waals surface area contributed by atoms with Crippen LogP contribution in [0.2, 0.25) is 0 Å². The molecule has 1 rings (SSSR count). The Kier molecular flexibility index (Phi) is 5.82. The molecule has 100 valence electrons. The SMILES string of the molecule is CNCC(C)C(=O)Nc1ccc(CN(C)C)cc1. The van der Waals surface area contributed by atoms with E-state index in [1.807, 2.05) is 52.3 Å². The molecule has 18 heavy (non-hydrogen) atoms. The van der Waals surface area contributed by atoms with Crippen LogP contribution in [0.1, 0.15) is 12.5 Å². The van der Waals surface area contributed by atoms with Crippen molar-refractivity contribution < 1.29 is 4.79 Å². The minimum atomic E-state index is -0.0311. The summed E-state index contributed by atoms with van der Waals surface area (Å²) in [7, 11) is 5.92. The van der Waals surface area contributed by atoms with E-state index in [9.17, 15) is 4.79 Å². The summed E-state index contributed by atoms with van der Waals surface area (Å²) in [6.45, 7) is 3.50. The van der Waals surface area contributed by atoms with E-state index in [4.69, 9.17) is 0 Å². The Balaban J connectivity index is 2.55. The fourth-order valence-corrected chi connectivity index (χ4v) is 1.72. The Hall–Kier alpha value is -1.39. The minimum absolute atomic E-state index is 0.0311. The number of hydrogen-bond acceptors (Lipinski definition) is 3. The molecule has 4 nitrogen and oxygen atoms in total. The van der Waals surface area contributed by atoms with Crippen molar-refractivity contribution in [2.24, 2.45) is 5.92 Å². The number of benzene rings is 1. The van der Waals surface area contributed by atoms with Crippen molar-refractivity contribution in [3.63, 3.8) is 0 Å². The van der Waals surface area contributed by atoms with Gasteiger partial charge in [0, 0.05) is 24.7 Å². The smallest absolute Gasteiger partial charge is 0.228 e. The molecule has 0 spiro atoms. The van der Waals surface area contributed by atoms with Gasteiger partial charge in [-0.2, -0.15) is 0 Å². The molecule has 2 N–H and O–H groups in total. The standard InChI is InChI=1S/C14H23N3O/c1-11(9-15-2)14(18)16-13-7-5-12(6-8-13)10-17(3)4/h5-8,11,15H,9-10H2,1-4H3,(H,16,18). The maximum absolute atomic E-state index is 11.8. The number of anilines is 1. The van der Waals surface area contributed by atoms with Crippen LogP contribution in [0, 0.1) is 5.92 Å². The van der Waals surface area contributed by atoms with Crippen molar-refractivity contribution in [1.29, 1.82) is 0 Å². The Bertz CT molecular complexity index is 373. The molecule has 1 unspecified atom stereocenters. The number of nitrogens with one attached hydrogen (secondary N) is 2. The van der Waals surface area contributed by atoms with Gasteiger partial charge in [0.15, 0.2) is 0 Å². The predicted molar refractivity (Wildman–Crippen MR) is 75.6 cm³/mol. The van der Waals surface area contributed by atoms with E-state index >= 15 is 0 Å². The fraction of sp³-hybridized carbons (Fsp3) is 0.500. The molecule has 4 heteroatoms. The number of hydrogen-bond donors (Lipinski definition) is 2. The molecule has 0 aliphatic carbocycles. The zero-order chi connectivity index (χ0) is 13.5. The molecule has 1 atom stereocenters. The summed E-state index contributed by atoms with van der Waals surface area (Å²) in [5.41, 5.74) is 2.09. The summed E-state index contributed by atoms with van der Waals surface area (Å²) in [6.07, 6.45) is 0. The molecule has 0 aromatic heterocycles. The molecule has 1 aromatic rings. The third-order valence-electron chi connectivity index (χ3n) is 2.68. The molecule has 1 aromatic carbocycles. The zero-order valence-electron chi connectivity index (χ0n) is 11.7. The van der Waals surface area contributed by atoms with E-state index in [2.05, 4.69) is 15.5 Å². The van der Waals surface area contributed by atoms with Crippen molar-refractivity contribution in [2.45, 2.75) is 13.5 Å². The lowest BCUT2D eigenvalue weighted by Crippen LogP contribution is -2.28. The van der Waals surface area contributed by atoms with Gasteiger partial charge in [-0.15, -0.1) is 0 Å². The first-order valence-corrected chi connectivity index (χ1v) is 6.22. The van der Waals surface area contributed by atoms with Crippen molar-refractivity contribution in [1.82, 2.24) is 10.2 Å². The molecule has 1 amide bonds. The highest BCUT2D eigenvalue weighted by molar-refractivity contribution is 5.92. The van der Waals surface area contributed by atoms with E-state index in [1.165, 1.54) is 5.56 Å². The Morgan fingerprint density at radius 1 is 1.28 bits per heavy atom. The lowest BCUT2D eigenvalue weighted by Gasteiger charge is -2.13. The molecule has 0 saturated carbocycles. The van der Waals surface area contributed by atoms with Gasteiger partial charge in [-0.05, 0) is 38.8 Å². The van der Waals surface area contributed by atoms with Gasteiger partial charge in [-0.3, -0.25) is 4.79 Å². The van der Waals surface area contributed by atoms with Gasteiger partial charge < -0.3 is 15.5 Å². The summed E-state index contributed by atoms with van der Waals surface area (Å²) >= 11 is 0. The third-order valence-corrected chi connectivity index (χ3v) is 2.68. The van der Waals surface area contributed by atoms with Gasteiger partial charge in [0.1, 0.15) is 0 Å². The second-order valence-corrected chi connectivity index (χ2v) is 4.88. The van der Waals surface area contributed by atoms with Crippen LogP contribution in [0.3, 0.4) is 0 Å². The molecule has 0 fully saturated rings. The molecular formula is C14H23N3O. The molecule has 0 radical (unpaired) electrons. The van der Waals surface area contributed by atoms with E-state index in [0.29, 0.717) is 6.54 Å². The van der Waals surface area contributed by atoms with Crippen LogP contribution in [-0.4, -0.2) is 38.5 Å². The summed E-state index contributed by atoms with van der Waals surface area (Å²) < 4.78 is 0. The van der Waals surface area contributed by atoms with Crippen LogP contribution in [0.4, 0.5) is 5.69 Å². The van der Waals surface area contributed by atoms with Gasteiger partial charge in [-0.25, -0.2) is 0 Å². The van der Waals surface area contributed by atoms with Crippen molar-refractivity contribution in [3.05, 3.63) is 29.8 Å². The average molecular weight is 249 g/mol. The maximum atomic E-state index is 11.8. The van der Waals surface area contributed by atoms with Crippen LogP contribution in [0.5, 0.6) is 0 Å². The molecule has 0 aliphatic heterocycles. The van der Waals surface area contributed by atoms with Gasteiger partial charge in [0.05, 0.1) is 0 Å². The number of carbonyl (C=O) groups is 1. The van der Waals surface area contributed by atoms with Crippen LogP contribution >= 0.6 is 0 Å². The largest absolute Gasteiger partial charge is 0.326 e. The first-order chi connectivity index (χ1) is 8.52. The quantitative estimate of drug-likeness (QED) is 0.804. The monoisotopic (exact) mass is 249 g/mol. The molecule has 0 heterocycles. The van der Waals surface area contributed by atoms with Crippen LogP contribution in [-0.2, 0) is 11.3 Å². The average Bonchev–Trinajstić information content (AvgIpc) is 2.31. The highest BCUT2D eigenvalue weighted by Gasteiger charge is 2.11. The van der Waals surface area contributed by atoms with Crippen molar-refractivity contribution in [2.75, 3.05) is 33.0 Å². The Morgan fingerprint density at radius 2 is 1.89 bits per heavy atom. The topological polar surface area (TPSA) is 44.4 Å². The number of amides is 1. The van der Waals surface area contributed by atoms with Gasteiger partial charge in [-0.1, -0.05) is 19.1 Å². The number of nitrogens with zero attached hydrogens (tertiary/aromatic N) is 1.